The van der Waals surface area contributed by atoms with Gasteiger partial charge in [-0.1, -0.05) is 11.6 Å². The van der Waals surface area contributed by atoms with Crippen LogP contribution in [0.3, 0.4) is 0 Å². The molecule has 0 atom stereocenters. The van der Waals surface area contributed by atoms with E-state index >= 15 is 0 Å². The zero-order valence-electron chi connectivity index (χ0n) is 14.9. The standard InChI is InChI=1S/C21H19N3O3/c25-17-12-21(8-2-1-3-9-21)26-18-7-6-14(11-16(17)18)20-23-19(24-27-20)15-5-4-10-22-13-15/h4-7,10-11,13H,1-3,8-9,12H2. The van der Waals surface area contributed by atoms with E-state index < -0.39 is 0 Å². The number of Topliss-reactive ketones (excluding diaryl/α,β-unsaturated/α-hetero) is 1. The highest BCUT2D eigenvalue weighted by atomic mass is 16.5. The number of benzene rings is 1. The molecule has 2 aliphatic rings. The van der Waals surface area contributed by atoms with E-state index in [9.17, 15) is 4.79 Å². The van der Waals surface area contributed by atoms with E-state index in [0.717, 1.165) is 31.2 Å². The van der Waals surface area contributed by atoms with Crippen LogP contribution in [0.15, 0.2) is 47.2 Å². The minimum absolute atomic E-state index is 0.131. The lowest BCUT2D eigenvalue weighted by molar-refractivity contribution is 0.0136. The maximum absolute atomic E-state index is 12.8. The smallest absolute Gasteiger partial charge is 0.258 e. The molecule has 1 aromatic carbocycles. The van der Waals surface area contributed by atoms with Crippen LogP contribution in [0.1, 0.15) is 48.9 Å². The topological polar surface area (TPSA) is 78.1 Å². The summed E-state index contributed by atoms with van der Waals surface area (Å²) in [5, 5.41) is 4.02. The van der Waals surface area contributed by atoms with Crippen LogP contribution in [0.2, 0.25) is 0 Å². The van der Waals surface area contributed by atoms with Gasteiger partial charge in [0.05, 0.1) is 12.0 Å². The molecule has 2 aromatic heterocycles. The Bertz CT molecular complexity index is 991. The molecule has 3 aromatic rings. The van der Waals surface area contributed by atoms with Gasteiger partial charge in [-0.05, 0) is 56.0 Å². The fourth-order valence-electron chi connectivity index (χ4n) is 4.06. The van der Waals surface area contributed by atoms with Crippen molar-refractivity contribution in [1.82, 2.24) is 15.1 Å². The molecule has 0 bridgehead atoms. The summed E-state index contributed by atoms with van der Waals surface area (Å²) in [5.41, 5.74) is 1.80. The van der Waals surface area contributed by atoms with Gasteiger partial charge in [0, 0.05) is 23.5 Å². The van der Waals surface area contributed by atoms with E-state index in [4.69, 9.17) is 9.26 Å². The Labute approximate surface area is 156 Å². The van der Waals surface area contributed by atoms with Crippen molar-refractivity contribution in [3.8, 4) is 28.6 Å². The molecule has 1 spiro atoms. The second-order valence-corrected chi connectivity index (χ2v) is 7.32. The number of rotatable bonds is 2. The van der Waals surface area contributed by atoms with Crippen molar-refractivity contribution in [2.45, 2.75) is 44.1 Å². The first-order valence-corrected chi connectivity index (χ1v) is 9.33. The highest BCUT2D eigenvalue weighted by molar-refractivity contribution is 6.01. The van der Waals surface area contributed by atoms with Gasteiger partial charge in [-0.3, -0.25) is 9.78 Å². The molecule has 6 heteroatoms. The van der Waals surface area contributed by atoms with Crippen LogP contribution < -0.4 is 4.74 Å². The summed E-state index contributed by atoms with van der Waals surface area (Å²) in [6.45, 7) is 0. The van der Waals surface area contributed by atoms with E-state index in [1.54, 1.807) is 18.5 Å². The fourth-order valence-corrected chi connectivity index (χ4v) is 4.06. The lowest BCUT2D eigenvalue weighted by Gasteiger charge is -2.40. The molecule has 1 saturated carbocycles. The van der Waals surface area contributed by atoms with Gasteiger partial charge in [0.1, 0.15) is 11.4 Å². The predicted molar refractivity (Wildman–Crippen MR) is 98.4 cm³/mol. The molecular weight excluding hydrogens is 342 g/mol. The van der Waals surface area contributed by atoms with Crippen LogP contribution in [-0.4, -0.2) is 26.5 Å². The highest BCUT2D eigenvalue weighted by Gasteiger charge is 2.41. The second kappa shape index (κ2) is 6.30. The minimum atomic E-state index is -0.304. The van der Waals surface area contributed by atoms with Crippen molar-refractivity contribution in [2.75, 3.05) is 0 Å². The Morgan fingerprint density at radius 1 is 1.04 bits per heavy atom. The molecule has 6 nitrogen and oxygen atoms in total. The van der Waals surface area contributed by atoms with E-state index in [2.05, 4.69) is 15.1 Å². The number of aromatic nitrogens is 3. The van der Waals surface area contributed by atoms with Crippen molar-refractivity contribution < 1.29 is 14.1 Å². The minimum Gasteiger partial charge on any atom is -0.486 e. The van der Waals surface area contributed by atoms with Crippen molar-refractivity contribution in [3.63, 3.8) is 0 Å². The quantitative estimate of drug-likeness (QED) is 0.670. The summed E-state index contributed by atoms with van der Waals surface area (Å²) < 4.78 is 11.7. The normalized spacial score (nSPS) is 18.1. The molecule has 0 amide bonds. The maximum atomic E-state index is 12.8. The number of fused-ring (bicyclic) bond motifs is 1. The van der Waals surface area contributed by atoms with Gasteiger partial charge < -0.3 is 9.26 Å². The zero-order valence-corrected chi connectivity index (χ0v) is 14.9. The van der Waals surface area contributed by atoms with Gasteiger partial charge in [-0.25, -0.2) is 0 Å². The summed E-state index contributed by atoms with van der Waals surface area (Å²) in [4.78, 5) is 21.3. The summed E-state index contributed by atoms with van der Waals surface area (Å²) >= 11 is 0. The van der Waals surface area contributed by atoms with Gasteiger partial charge in [0.15, 0.2) is 5.78 Å². The van der Waals surface area contributed by atoms with E-state index in [1.165, 1.54) is 6.42 Å². The molecular formula is C21H19N3O3. The molecule has 0 saturated heterocycles. The van der Waals surface area contributed by atoms with Crippen molar-refractivity contribution in [1.29, 1.82) is 0 Å². The van der Waals surface area contributed by atoms with Crippen LogP contribution >= 0.6 is 0 Å². The van der Waals surface area contributed by atoms with Crippen LogP contribution in [0.25, 0.3) is 22.8 Å². The molecule has 1 aliphatic heterocycles. The molecule has 3 heterocycles. The van der Waals surface area contributed by atoms with E-state index in [-0.39, 0.29) is 11.4 Å². The number of nitrogens with zero attached hydrogens (tertiary/aromatic N) is 3. The molecule has 0 unspecified atom stereocenters. The van der Waals surface area contributed by atoms with Gasteiger partial charge in [0.25, 0.3) is 5.89 Å². The summed E-state index contributed by atoms with van der Waals surface area (Å²) in [5.74, 6) is 1.65. The Hall–Kier alpha value is -3.02. The third-order valence-electron chi connectivity index (χ3n) is 5.45. The van der Waals surface area contributed by atoms with Crippen molar-refractivity contribution >= 4 is 5.78 Å². The molecule has 1 fully saturated rings. The Kier molecular flexibility index (Phi) is 3.77. The Morgan fingerprint density at radius 2 is 1.93 bits per heavy atom. The first-order valence-electron chi connectivity index (χ1n) is 9.33. The van der Waals surface area contributed by atoms with Crippen LogP contribution in [0, 0.1) is 0 Å². The van der Waals surface area contributed by atoms with Crippen LogP contribution in [-0.2, 0) is 0 Å². The highest BCUT2D eigenvalue weighted by Crippen LogP contribution is 2.42. The third-order valence-corrected chi connectivity index (χ3v) is 5.45. The predicted octanol–water partition coefficient (Wildman–Crippen LogP) is 4.47. The average Bonchev–Trinajstić information content (AvgIpc) is 3.19. The first-order chi connectivity index (χ1) is 13.2. The van der Waals surface area contributed by atoms with Gasteiger partial charge in [0.2, 0.25) is 5.82 Å². The van der Waals surface area contributed by atoms with Crippen LogP contribution in [0.4, 0.5) is 0 Å². The number of ketones is 1. The molecule has 0 radical (unpaired) electrons. The van der Waals surface area contributed by atoms with Gasteiger partial charge >= 0.3 is 0 Å². The lowest BCUT2D eigenvalue weighted by atomic mass is 9.78. The molecule has 0 N–H and O–H groups in total. The molecule has 1 aliphatic carbocycles. The number of ether oxygens (including phenoxy) is 1. The number of hydrogen-bond donors (Lipinski definition) is 0. The van der Waals surface area contributed by atoms with Gasteiger partial charge in [-0.2, -0.15) is 4.98 Å². The maximum Gasteiger partial charge on any atom is 0.258 e. The fraction of sp³-hybridized carbons (Fsp3) is 0.333. The number of carbonyl (C=O) groups excluding carboxylic acids is 1. The van der Waals surface area contributed by atoms with E-state index in [0.29, 0.717) is 35.0 Å². The Morgan fingerprint density at radius 3 is 2.74 bits per heavy atom. The Balaban J connectivity index is 1.46. The van der Waals surface area contributed by atoms with Crippen LogP contribution in [0.5, 0.6) is 5.75 Å². The summed E-state index contributed by atoms with van der Waals surface area (Å²) in [6, 6.07) is 9.21. The molecule has 136 valence electrons. The first kappa shape index (κ1) is 16.2. The third kappa shape index (κ3) is 2.91. The number of carbonyl (C=O) groups is 1. The van der Waals surface area contributed by atoms with E-state index in [1.807, 2.05) is 24.3 Å². The monoisotopic (exact) mass is 361 g/mol. The molecule has 5 rings (SSSR count). The lowest BCUT2D eigenvalue weighted by Crippen LogP contribution is -2.43. The number of hydrogen-bond acceptors (Lipinski definition) is 6. The number of pyridine rings is 1. The largest absolute Gasteiger partial charge is 0.486 e. The van der Waals surface area contributed by atoms with Crippen molar-refractivity contribution in [2.24, 2.45) is 0 Å². The summed E-state index contributed by atoms with van der Waals surface area (Å²) in [6.07, 6.45) is 9.21. The molecule has 27 heavy (non-hydrogen) atoms. The zero-order chi connectivity index (χ0) is 18.3. The summed E-state index contributed by atoms with van der Waals surface area (Å²) in [7, 11) is 0. The second-order valence-electron chi connectivity index (χ2n) is 7.32. The SMILES string of the molecule is O=C1CC2(CCCCC2)Oc2ccc(-c3nc(-c4cccnc4)no3)cc21. The van der Waals surface area contributed by atoms with Crippen molar-refractivity contribution in [3.05, 3.63) is 48.3 Å². The average molecular weight is 361 g/mol. The van der Waals surface area contributed by atoms with Gasteiger partial charge in [-0.15, -0.1) is 0 Å².